The minimum absolute atomic E-state index is 0.0384. The normalized spacial score (nSPS) is 11.6. The third kappa shape index (κ3) is 13.1. The molecule has 378 valence electrons. The number of benzene rings is 4. The molecule has 9 N–H and O–H groups in total. The van der Waals surface area contributed by atoms with Crippen LogP contribution in [0.5, 0.6) is 28.7 Å². The molecule has 5 amide bonds. The maximum absolute atomic E-state index is 14.0. The summed E-state index contributed by atoms with van der Waals surface area (Å²) in [6.45, 7) is 6.29. The van der Waals surface area contributed by atoms with Crippen LogP contribution in [-0.2, 0) is 32.3 Å². The molecule has 0 saturated carbocycles. The molecule has 23 nitrogen and oxygen atoms in total. The number of carboxylic acids is 1. The molecule has 0 radical (unpaired) electrons. The number of rotatable bonds is 18. The standard InChI is InChI=1S/C50H49N9O14/c1-26(21-27-7-14-32(60)15-8-27)43(63)54-30-13-18-37(51-23-30)46(66)57-38(22-31-24-52-58-59(31)25-73-49(70)50(2,3)4)47(67)53-29-11-9-28(10-12-29)44(64)55-35-19-16-33(39(61)41(35)71-5)45(65)56-36-20-17-34(48(68)69)40(62)42(36)72-6/h7-21,23-24,38,60-62H,22,25H2,1-6H3,(H,53,67)(H,54,63)(H,55,64)(H,56,65)(H,57,66)(H,68,69)/b26-21+. The third-order valence-corrected chi connectivity index (χ3v) is 10.6. The van der Waals surface area contributed by atoms with Crippen LogP contribution in [0, 0.1) is 5.41 Å². The molecule has 0 aliphatic carbocycles. The second-order valence-electron chi connectivity index (χ2n) is 16.9. The zero-order chi connectivity index (χ0) is 53.1. The lowest BCUT2D eigenvalue weighted by Crippen LogP contribution is -2.45. The highest BCUT2D eigenvalue weighted by atomic mass is 16.5. The van der Waals surface area contributed by atoms with Gasteiger partial charge in [0.15, 0.2) is 29.7 Å². The summed E-state index contributed by atoms with van der Waals surface area (Å²) in [6, 6.07) is 18.0. The van der Waals surface area contributed by atoms with E-state index in [0.717, 1.165) is 13.2 Å². The lowest BCUT2D eigenvalue weighted by Gasteiger charge is -2.20. The molecule has 0 saturated heterocycles. The number of ether oxygens (including phenoxy) is 3. The molecule has 0 bridgehead atoms. The number of methoxy groups -OCH3 is 2. The Morgan fingerprint density at radius 2 is 1.30 bits per heavy atom. The van der Waals surface area contributed by atoms with E-state index in [1.807, 2.05) is 0 Å². The number of pyridine rings is 1. The van der Waals surface area contributed by atoms with E-state index in [1.54, 1.807) is 45.9 Å². The van der Waals surface area contributed by atoms with Crippen LogP contribution in [0.3, 0.4) is 0 Å². The van der Waals surface area contributed by atoms with E-state index in [4.69, 9.17) is 14.2 Å². The van der Waals surface area contributed by atoms with Gasteiger partial charge < -0.3 is 61.2 Å². The number of aromatic hydroxyl groups is 3. The van der Waals surface area contributed by atoms with E-state index in [0.29, 0.717) is 16.8 Å². The Morgan fingerprint density at radius 3 is 1.89 bits per heavy atom. The minimum atomic E-state index is -1.43. The topological polar surface area (TPSA) is 332 Å². The van der Waals surface area contributed by atoms with Crippen molar-refractivity contribution in [2.45, 2.75) is 46.9 Å². The summed E-state index contributed by atoms with van der Waals surface area (Å²) in [7, 11) is 2.34. The van der Waals surface area contributed by atoms with E-state index in [1.165, 1.54) is 90.9 Å². The number of esters is 1. The predicted molar refractivity (Wildman–Crippen MR) is 262 cm³/mol. The third-order valence-electron chi connectivity index (χ3n) is 10.6. The number of hydrogen-bond acceptors (Lipinski definition) is 16. The number of amides is 5. The predicted octanol–water partition coefficient (Wildman–Crippen LogP) is 5.58. The van der Waals surface area contributed by atoms with E-state index in [-0.39, 0.29) is 70.0 Å². The fourth-order valence-corrected chi connectivity index (χ4v) is 6.68. The molecule has 0 spiro atoms. The Kier molecular flexibility index (Phi) is 16.4. The van der Waals surface area contributed by atoms with Gasteiger partial charge in [0.25, 0.3) is 23.6 Å². The number of carbonyl (C=O) groups is 7. The van der Waals surface area contributed by atoms with Crippen molar-refractivity contribution in [2.75, 3.05) is 35.5 Å². The Morgan fingerprint density at radius 1 is 0.699 bits per heavy atom. The molecule has 0 fully saturated rings. The number of phenolic OH excluding ortho intramolecular Hbond substituents is 2. The molecule has 0 aliphatic heterocycles. The van der Waals surface area contributed by atoms with Crippen LogP contribution in [0.15, 0.2) is 103 Å². The number of carbonyl (C=O) groups excluding carboxylic acids is 6. The lowest BCUT2D eigenvalue weighted by molar-refractivity contribution is -0.157. The molecule has 2 aromatic heterocycles. The lowest BCUT2D eigenvalue weighted by atomic mass is 9.98. The van der Waals surface area contributed by atoms with Crippen LogP contribution in [0.4, 0.5) is 22.7 Å². The van der Waals surface area contributed by atoms with Crippen molar-refractivity contribution in [1.82, 2.24) is 25.3 Å². The maximum atomic E-state index is 14.0. The minimum Gasteiger partial charge on any atom is -0.508 e. The van der Waals surface area contributed by atoms with E-state index < -0.39 is 70.0 Å². The summed E-state index contributed by atoms with van der Waals surface area (Å²) in [5.74, 6) is -7.43. The highest BCUT2D eigenvalue weighted by Crippen LogP contribution is 2.40. The van der Waals surface area contributed by atoms with Gasteiger partial charge >= 0.3 is 11.9 Å². The van der Waals surface area contributed by atoms with Crippen molar-refractivity contribution in [2.24, 2.45) is 5.41 Å². The molecule has 0 aliphatic rings. The van der Waals surface area contributed by atoms with Gasteiger partial charge in [-0.1, -0.05) is 17.3 Å². The Labute approximate surface area is 415 Å². The summed E-state index contributed by atoms with van der Waals surface area (Å²) >= 11 is 0. The Balaban J connectivity index is 1.15. The molecular formula is C50H49N9O14. The second kappa shape index (κ2) is 22.7. The zero-order valence-corrected chi connectivity index (χ0v) is 40.0. The highest BCUT2D eigenvalue weighted by molar-refractivity contribution is 6.11. The number of anilines is 4. The van der Waals surface area contributed by atoms with Crippen molar-refractivity contribution < 1.29 is 68.2 Å². The van der Waals surface area contributed by atoms with Gasteiger partial charge in [-0.05, 0) is 112 Å². The van der Waals surface area contributed by atoms with Gasteiger partial charge in [0.2, 0.25) is 5.91 Å². The van der Waals surface area contributed by atoms with Crippen molar-refractivity contribution in [3.63, 3.8) is 0 Å². The van der Waals surface area contributed by atoms with Crippen LogP contribution in [0.1, 0.15) is 80.5 Å². The number of carboxylic acid groups (broad SMARTS) is 1. The average Bonchev–Trinajstić information content (AvgIpc) is 3.80. The summed E-state index contributed by atoms with van der Waals surface area (Å²) in [4.78, 5) is 95.4. The zero-order valence-electron chi connectivity index (χ0n) is 40.0. The first-order chi connectivity index (χ1) is 34.7. The number of aromatic nitrogens is 4. The summed E-state index contributed by atoms with van der Waals surface area (Å²) in [5.41, 5.74) is 0.0306. The van der Waals surface area contributed by atoms with Crippen molar-refractivity contribution in [3.8, 4) is 28.7 Å². The Bertz CT molecular complexity index is 3110. The summed E-state index contributed by atoms with van der Waals surface area (Å²) in [6.07, 6.45) is 4.03. The van der Waals surface area contributed by atoms with E-state index >= 15 is 0 Å². The number of hydrogen-bond donors (Lipinski definition) is 9. The number of nitrogens with zero attached hydrogens (tertiary/aromatic N) is 4. The molecule has 4 aromatic carbocycles. The fourth-order valence-electron chi connectivity index (χ4n) is 6.68. The molecule has 2 heterocycles. The molecule has 6 rings (SSSR count). The van der Waals surface area contributed by atoms with Gasteiger partial charge in [-0.25, -0.2) is 14.5 Å². The smallest absolute Gasteiger partial charge is 0.339 e. The first-order valence-electron chi connectivity index (χ1n) is 21.8. The first kappa shape index (κ1) is 52.6. The molecule has 23 heteroatoms. The Hall–Kier alpha value is -9.80. The van der Waals surface area contributed by atoms with Crippen LogP contribution >= 0.6 is 0 Å². The van der Waals surface area contributed by atoms with Crippen LogP contribution < -0.4 is 36.1 Å². The number of nitrogens with one attached hydrogen (secondary N) is 5. The quantitative estimate of drug-likeness (QED) is 0.0375. The van der Waals surface area contributed by atoms with Gasteiger partial charge in [0, 0.05) is 23.2 Å². The monoisotopic (exact) mass is 999 g/mol. The maximum Gasteiger partial charge on any atom is 0.339 e. The van der Waals surface area contributed by atoms with Gasteiger partial charge in [-0.2, -0.15) is 0 Å². The fraction of sp³-hybridized carbons (Fsp3) is 0.200. The van der Waals surface area contributed by atoms with Crippen molar-refractivity contribution in [3.05, 3.63) is 137 Å². The SMILES string of the molecule is COc1c(NC(=O)c2ccc(NC(=O)c3ccc(NC(=O)C(Cc4cnnn4COC(=O)C(C)(C)C)NC(=O)c4ccc(NC(=O)/C(C)=C/c5ccc(O)cc5)cn4)cc3)c(OC)c2O)ccc(C(=O)O)c1O. The van der Waals surface area contributed by atoms with Crippen LogP contribution in [0.25, 0.3) is 6.08 Å². The van der Waals surface area contributed by atoms with Gasteiger partial charge in [-0.3, -0.25) is 28.8 Å². The summed E-state index contributed by atoms with van der Waals surface area (Å²) < 4.78 is 17.1. The second-order valence-corrected chi connectivity index (χ2v) is 16.9. The molecule has 1 unspecified atom stereocenters. The molecule has 6 aromatic rings. The van der Waals surface area contributed by atoms with E-state index in [9.17, 15) is 54.0 Å². The van der Waals surface area contributed by atoms with Crippen molar-refractivity contribution >= 4 is 70.3 Å². The first-order valence-corrected chi connectivity index (χ1v) is 21.8. The summed E-state index contributed by atoms with van der Waals surface area (Å²) in [5, 5.41) is 61.2. The molecule has 1 atom stereocenters. The largest absolute Gasteiger partial charge is 0.508 e. The van der Waals surface area contributed by atoms with Crippen LogP contribution in [-0.4, -0.2) is 102 Å². The number of aromatic carboxylic acids is 1. The molecule has 73 heavy (non-hydrogen) atoms. The van der Waals surface area contributed by atoms with Crippen molar-refractivity contribution in [1.29, 1.82) is 0 Å². The number of phenols is 3. The van der Waals surface area contributed by atoms with Gasteiger partial charge in [0.05, 0.1) is 60.3 Å². The van der Waals surface area contributed by atoms with Gasteiger partial charge in [-0.15, -0.1) is 5.10 Å². The van der Waals surface area contributed by atoms with Crippen LogP contribution in [0.2, 0.25) is 0 Å². The average molecular weight is 1000 g/mol. The van der Waals surface area contributed by atoms with Gasteiger partial charge in [0.1, 0.15) is 23.0 Å². The highest BCUT2D eigenvalue weighted by Gasteiger charge is 2.28. The van der Waals surface area contributed by atoms with E-state index in [2.05, 4.69) is 41.9 Å². The molecular weight excluding hydrogens is 951 g/mol.